The summed E-state index contributed by atoms with van der Waals surface area (Å²) in [5.41, 5.74) is 0.731. The van der Waals surface area contributed by atoms with Crippen molar-refractivity contribution in [1.29, 1.82) is 0 Å². The minimum atomic E-state index is -0.536. The molecule has 2 aliphatic rings. The molecule has 1 saturated heterocycles. The van der Waals surface area contributed by atoms with Gasteiger partial charge in [-0.05, 0) is 25.0 Å². The van der Waals surface area contributed by atoms with Gasteiger partial charge in [0.2, 0.25) is 12.7 Å². The lowest BCUT2D eigenvalue weighted by Gasteiger charge is -2.22. The molecular weight excluding hydrogens is 370 g/mol. The van der Waals surface area contributed by atoms with Crippen LogP contribution in [0.5, 0.6) is 11.5 Å². The summed E-state index contributed by atoms with van der Waals surface area (Å²) >= 11 is 1.36. The molecular formula is C18H15N3O5S. The number of amides is 2. The van der Waals surface area contributed by atoms with E-state index in [0.717, 1.165) is 16.6 Å². The monoisotopic (exact) mass is 385 g/mol. The maximum atomic E-state index is 12.8. The van der Waals surface area contributed by atoms with Gasteiger partial charge < -0.3 is 24.1 Å². The molecule has 1 atom stereocenters. The van der Waals surface area contributed by atoms with E-state index in [1.165, 1.54) is 17.6 Å². The molecule has 5 rings (SSSR count). The number of fused-ring (bicyclic) bond motifs is 2. The molecule has 2 aliphatic heterocycles. The lowest BCUT2D eigenvalue weighted by Crippen LogP contribution is -2.43. The highest BCUT2D eigenvalue weighted by Crippen LogP contribution is 2.39. The summed E-state index contributed by atoms with van der Waals surface area (Å²) in [5.74, 6) is 1.05. The van der Waals surface area contributed by atoms with Crippen LogP contribution in [0.3, 0.4) is 0 Å². The van der Waals surface area contributed by atoms with Crippen molar-refractivity contribution in [2.75, 3.05) is 18.7 Å². The first-order valence-corrected chi connectivity index (χ1v) is 9.36. The van der Waals surface area contributed by atoms with Gasteiger partial charge in [0.1, 0.15) is 6.04 Å². The first-order valence-electron chi connectivity index (χ1n) is 8.54. The Morgan fingerprint density at radius 1 is 1.26 bits per heavy atom. The van der Waals surface area contributed by atoms with Crippen molar-refractivity contribution in [3.05, 3.63) is 36.3 Å². The third kappa shape index (κ3) is 2.80. The van der Waals surface area contributed by atoms with Crippen LogP contribution in [0, 0.1) is 0 Å². The van der Waals surface area contributed by atoms with Gasteiger partial charge in [0.05, 0.1) is 16.5 Å². The Morgan fingerprint density at radius 3 is 2.93 bits per heavy atom. The van der Waals surface area contributed by atoms with Crippen molar-refractivity contribution in [3.8, 4) is 11.5 Å². The van der Waals surface area contributed by atoms with Gasteiger partial charge in [-0.3, -0.25) is 9.59 Å². The predicted octanol–water partition coefficient (Wildman–Crippen LogP) is 2.86. The summed E-state index contributed by atoms with van der Waals surface area (Å²) in [6, 6.07) is 6.38. The molecule has 9 heteroatoms. The molecule has 8 nitrogen and oxygen atoms in total. The molecule has 1 N–H and O–H groups in total. The number of furan rings is 1. The van der Waals surface area contributed by atoms with Gasteiger partial charge in [-0.15, -0.1) is 0 Å². The SMILES string of the molecule is O=C(Nc1nc2cc3c(cc2s1)OCO3)C1CCCN1C(=O)c1ccco1. The molecule has 0 saturated carbocycles. The fourth-order valence-corrected chi connectivity index (χ4v) is 4.26. The fraction of sp³-hybridized carbons (Fsp3) is 0.278. The van der Waals surface area contributed by atoms with Gasteiger partial charge in [0, 0.05) is 18.7 Å². The Morgan fingerprint density at radius 2 is 2.11 bits per heavy atom. The van der Waals surface area contributed by atoms with Gasteiger partial charge in [-0.2, -0.15) is 0 Å². The van der Waals surface area contributed by atoms with Crippen LogP contribution in [0.15, 0.2) is 34.9 Å². The normalized spacial score (nSPS) is 18.2. The summed E-state index contributed by atoms with van der Waals surface area (Å²) in [5, 5.41) is 3.32. The summed E-state index contributed by atoms with van der Waals surface area (Å²) in [4.78, 5) is 31.3. The quantitative estimate of drug-likeness (QED) is 0.745. The van der Waals surface area contributed by atoms with E-state index in [-0.39, 0.29) is 24.4 Å². The molecule has 0 radical (unpaired) electrons. The highest BCUT2D eigenvalue weighted by molar-refractivity contribution is 7.22. The van der Waals surface area contributed by atoms with Gasteiger partial charge in [-0.25, -0.2) is 4.98 Å². The molecule has 1 unspecified atom stereocenters. The number of ether oxygens (including phenoxy) is 2. The number of carbonyl (C=O) groups excluding carboxylic acids is 2. The molecule has 138 valence electrons. The number of benzene rings is 1. The first kappa shape index (κ1) is 16.1. The number of rotatable bonds is 3. The Balaban J connectivity index is 1.35. The summed E-state index contributed by atoms with van der Waals surface area (Å²) in [7, 11) is 0. The molecule has 27 heavy (non-hydrogen) atoms. The Bertz CT molecular complexity index is 988. The van der Waals surface area contributed by atoms with Gasteiger partial charge >= 0.3 is 0 Å². The van der Waals surface area contributed by atoms with Crippen LogP contribution < -0.4 is 14.8 Å². The third-order valence-electron chi connectivity index (χ3n) is 4.66. The highest BCUT2D eigenvalue weighted by Gasteiger charge is 2.36. The zero-order chi connectivity index (χ0) is 18.4. The van der Waals surface area contributed by atoms with Gasteiger partial charge in [0.15, 0.2) is 22.4 Å². The average molecular weight is 385 g/mol. The van der Waals surface area contributed by atoms with Crippen LogP contribution in [-0.4, -0.2) is 41.1 Å². The van der Waals surface area contributed by atoms with E-state index in [1.54, 1.807) is 23.1 Å². The second-order valence-corrected chi connectivity index (χ2v) is 7.35. The Kier molecular flexibility index (Phi) is 3.75. The van der Waals surface area contributed by atoms with E-state index in [9.17, 15) is 9.59 Å². The van der Waals surface area contributed by atoms with Crippen LogP contribution >= 0.6 is 11.3 Å². The van der Waals surface area contributed by atoms with E-state index >= 15 is 0 Å². The van der Waals surface area contributed by atoms with E-state index < -0.39 is 6.04 Å². The third-order valence-corrected chi connectivity index (χ3v) is 5.59. The number of likely N-dealkylation sites (tertiary alicyclic amines) is 1. The van der Waals surface area contributed by atoms with Gasteiger partial charge in [-0.1, -0.05) is 11.3 Å². The fourth-order valence-electron chi connectivity index (χ4n) is 3.38. The standard InChI is InChI=1S/C18H15N3O5S/c22-16(11-3-1-5-21(11)17(23)12-4-2-6-24-12)20-18-19-10-7-13-14(26-9-25-13)8-15(10)27-18/h2,4,6-8,11H,1,3,5,9H2,(H,19,20,22). The highest BCUT2D eigenvalue weighted by atomic mass is 32.1. The number of nitrogens with zero attached hydrogens (tertiary/aromatic N) is 2. The molecule has 1 aromatic carbocycles. The van der Waals surface area contributed by atoms with Crippen LogP contribution in [0.2, 0.25) is 0 Å². The molecule has 3 aromatic rings. The number of hydrogen-bond acceptors (Lipinski definition) is 7. The van der Waals surface area contributed by atoms with E-state index in [2.05, 4.69) is 10.3 Å². The minimum absolute atomic E-state index is 0.206. The maximum absolute atomic E-state index is 12.8. The zero-order valence-corrected chi connectivity index (χ0v) is 15.0. The van der Waals surface area contributed by atoms with Gasteiger partial charge in [0.25, 0.3) is 5.91 Å². The summed E-state index contributed by atoms with van der Waals surface area (Å²) in [6.07, 6.45) is 2.83. The van der Waals surface area contributed by atoms with Crippen molar-refractivity contribution in [1.82, 2.24) is 9.88 Å². The number of carbonyl (C=O) groups is 2. The second kappa shape index (κ2) is 6.27. The lowest BCUT2D eigenvalue weighted by molar-refractivity contribution is -0.119. The predicted molar refractivity (Wildman–Crippen MR) is 97.1 cm³/mol. The number of aromatic nitrogens is 1. The molecule has 1 fully saturated rings. The Hall–Kier alpha value is -3.07. The molecule has 2 aromatic heterocycles. The van der Waals surface area contributed by atoms with Crippen LogP contribution in [-0.2, 0) is 4.79 Å². The van der Waals surface area contributed by atoms with Crippen molar-refractivity contribution in [2.45, 2.75) is 18.9 Å². The van der Waals surface area contributed by atoms with Crippen LogP contribution in [0.25, 0.3) is 10.2 Å². The number of anilines is 1. The minimum Gasteiger partial charge on any atom is -0.459 e. The second-order valence-electron chi connectivity index (χ2n) is 6.32. The van der Waals surface area contributed by atoms with E-state index in [1.807, 2.05) is 6.07 Å². The van der Waals surface area contributed by atoms with E-state index in [0.29, 0.717) is 29.6 Å². The number of nitrogens with one attached hydrogen (secondary N) is 1. The lowest BCUT2D eigenvalue weighted by atomic mass is 10.2. The molecule has 4 heterocycles. The molecule has 0 bridgehead atoms. The molecule has 0 spiro atoms. The van der Waals surface area contributed by atoms with Crippen molar-refractivity contribution < 1.29 is 23.5 Å². The van der Waals surface area contributed by atoms with E-state index in [4.69, 9.17) is 13.9 Å². The summed E-state index contributed by atoms with van der Waals surface area (Å²) in [6.45, 7) is 0.732. The van der Waals surface area contributed by atoms with Crippen molar-refractivity contribution >= 4 is 38.5 Å². The maximum Gasteiger partial charge on any atom is 0.290 e. The zero-order valence-electron chi connectivity index (χ0n) is 14.1. The summed E-state index contributed by atoms with van der Waals surface area (Å²) < 4.78 is 16.8. The molecule has 2 amide bonds. The van der Waals surface area contributed by atoms with Crippen LogP contribution in [0.4, 0.5) is 5.13 Å². The largest absolute Gasteiger partial charge is 0.459 e. The number of thiazole rings is 1. The topological polar surface area (TPSA) is 93.9 Å². The first-order chi connectivity index (χ1) is 13.2. The Labute approximate surface area is 157 Å². The van der Waals surface area contributed by atoms with Crippen molar-refractivity contribution in [3.63, 3.8) is 0 Å². The molecule has 0 aliphatic carbocycles. The van der Waals surface area contributed by atoms with Crippen LogP contribution in [0.1, 0.15) is 23.4 Å². The average Bonchev–Trinajstić information content (AvgIpc) is 3.44. The van der Waals surface area contributed by atoms with Crippen molar-refractivity contribution in [2.24, 2.45) is 0 Å². The number of hydrogen-bond donors (Lipinski definition) is 1. The smallest absolute Gasteiger partial charge is 0.290 e.